The number of thioether (sulfide) groups is 1. The quantitative estimate of drug-likeness (QED) is 0.188. The van der Waals surface area contributed by atoms with Gasteiger partial charge in [-0.1, -0.05) is 99.1 Å². The van der Waals surface area contributed by atoms with E-state index in [0.29, 0.717) is 0 Å². The molecule has 0 amide bonds. The standard InChI is InChI=1S/C34H39N3O2S/c1-4-6-22-36-29-20-14-15-21-30(29)37(23-7-5-2)34(36)28(24-26-16-10-8-11-17-26)31(25-32(38)39-3)40-33(34)35-27-18-12-9-13-19-27/h8-21,25,28H,4-7,22-24H2,1-3H3/b31-25-,35-33?. The average molecular weight is 554 g/mol. The number of fused-ring (bicyclic) bond motifs is 1. The Bertz CT molecular complexity index is 1320. The lowest BCUT2D eigenvalue weighted by Gasteiger charge is -2.47. The molecule has 5 rings (SSSR count). The summed E-state index contributed by atoms with van der Waals surface area (Å²) in [6.45, 7) is 6.30. The van der Waals surface area contributed by atoms with Crippen LogP contribution in [0.25, 0.3) is 0 Å². The van der Waals surface area contributed by atoms with Gasteiger partial charge in [0.05, 0.1) is 24.2 Å². The molecule has 1 unspecified atom stereocenters. The fourth-order valence-electron chi connectivity index (χ4n) is 5.98. The fraction of sp³-hybridized carbons (Fsp3) is 0.353. The summed E-state index contributed by atoms with van der Waals surface area (Å²) in [5, 5.41) is 1.01. The monoisotopic (exact) mass is 553 g/mol. The Labute approximate surface area is 242 Å². The van der Waals surface area contributed by atoms with Gasteiger partial charge < -0.3 is 14.5 Å². The predicted molar refractivity (Wildman–Crippen MR) is 169 cm³/mol. The molecular weight excluding hydrogens is 514 g/mol. The van der Waals surface area contributed by atoms with E-state index in [2.05, 4.69) is 90.4 Å². The molecule has 0 aliphatic carbocycles. The zero-order chi connectivity index (χ0) is 28.0. The second-order valence-corrected chi connectivity index (χ2v) is 11.5. The van der Waals surface area contributed by atoms with Crippen molar-refractivity contribution in [2.45, 2.75) is 51.6 Å². The molecule has 3 aromatic carbocycles. The van der Waals surface area contributed by atoms with Gasteiger partial charge in [-0.3, -0.25) is 0 Å². The highest BCUT2D eigenvalue weighted by molar-refractivity contribution is 8.18. The predicted octanol–water partition coefficient (Wildman–Crippen LogP) is 8.00. The minimum Gasteiger partial charge on any atom is -0.466 e. The van der Waals surface area contributed by atoms with Crippen molar-refractivity contribution in [1.82, 2.24) is 0 Å². The van der Waals surface area contributed by atoms with Crippen LogP contribution in [0, 0.1) is 5.92 Å². The lowest BCUT2D eigenvalue weighted by Crippen LogP contribution is -2.64. The first-order valence-corrected chi connectivity index (χ1v) is 15.2. The molecule has 2 aliphatic heterocycles. The van der Waals surface area contributed by atoms with Gasteiger partial charge in [-0.25, -0.2) is 9.79 Å². The van der Waals surface area contributed by atoms with Gasteiger partial charge in [0.1, 0.15) is 5.04 Å². The van der Waals surface area contributed by atoms with E-state index in [-0.39, 0.29) is 11.9 Å². The first-order valence-electron chi connectivity index (χ1n) is 14.4. The van der Waals surface area contributed by atoms with Gasteiger partial charge in [-0.05, 0) is 49.1 Å². The zero-order valence-corrected chi connectivity index (χ0v) is 24.6. The Morgan fingerprint density at radius 3 is 1.98 bits per heavy atom. The maximum atomic E-state index is 12.8. The molecular formula is C34H39N3O2S. The van der Waals surface area contributed by atoms with Gasteiger partial charge in [-0.15, -0.1) is 0 Å². The number of rotatable bonds is 10. The molecule has 0 bridgehead atoms. The van der Waals surface area contributed by atoms with E-state index in [1.54, 1.807) is 17.8 Å². The van der Waals surface area contributed by atoms with Crippen LogP contribution in [-0.2, 0) is 16.0 Å². The highest BCUT2D eigenvalue weighted by atomic mass is 32.2. The number of hydrogen-bond acceptors (Lipinski definition) is 6. The van der Waals surface area contributed by atoms with Crippen LogP contribution in [-0.4, -0.2) is 36.9 Å². The maximum absolute atomic E-state index is 12.8. The third-order valence-corrected chi connectivity index (χ3v) is 9.07. The van der Waals surface area contributed by atoms with Crippen molar-refractivity contribution < 1.29 is 9.53 Å². The number of methoxy groups -OCH3 is 1. The molecule has 0 N–H and O–H groups in total. The summed E-state index contributed by atoms with van der Waals surface area (Å²) in [6.07, 6.45) is 6.80. The summed E-state index contributed by atoms with van der Waals surface area (Å²) in [4.78, 5) is 24.4. The van der Waals surface area contributed by atoms with Crippen LogP contribution >= 0.6 is 11.8 Å². The van der Waals surface area contributed by atoms with Crippen LogP contribution in [0.2, 0.25) is 0 Å². The van der Waals surface area contributed by atoms with Gasteiger partial charge >= 0.3 is 5.97 Å². The molecule has 1 spiro atoms. The van der Waals surface area contributed by atoms with Crippen LogP contribution < -0.4 is 9.80 Å². The van der Waals surface area contributed by atoms with Gasteiger partial charge in [0.15, 0.2) is 5.66 Å². The van der Waals surface area contributed by atoms with E-state index in [1.165, 1.54) is 24.0 Å². The van der Waals surface area contributed by atoms with Crippen molar-refractivity contribution in [2.75, 3.05) is 30.0 Å². The fourth-order valence-corrected chi connectivity index (χ4v) is 7.42. The van der Waals surface area contributed by atoms with Crippen molar-refractivity contribution >= 4 is 39.8 Å². The van der Waals surface area contributed by atoms with Crippen LogP contribution in [0.3, 0.4) is 0 Å². The van der Waals surface area contributed by atoms with Crippen molar-refractivity contribution in [3.8, 4) is 0 Å². The third kappa shape index (κ3) is 5.29. The molecule has 1 saturated heterocycles. The van der Waals surface area contributed by atoms with E-state index in [0.717, 1.165) is 60.8 Å². The van der Waals surface area contributed by atoms with Crippen LogP contribution in [0.4, 0.5) is 17.1 Å². The highest BCUT2D eigenvalue weighted by Gasteiger charge is 2.62. The summed E-state index contributed by atoms with van der Waals surface area (Å²) in [5.41, 5.74) is 4.08. The van der Waals surface area contributed by atoms with Crippen LogP contribution in [0.15, 0.2) is 101 Å². The van der Waals surface area contributed by atoms with E-state index in [4.69, 9.17) is 9.73 Å². The molecule has 2 aliphatic rings. The summed E-state index contributed by atoms with van der Waals surface area (Å²) in [6, 6.07) is 29.6. The van der Waals surface area contributed by atoms with Gasteiger partial charge in [-0.2, -0.15) is 0 Å². The minimum atomic E-state index is -0.565. The number of carbonyl (C=O) groups excluding carboxylic acids is 1. The molecule has 2 heterocycles. The lowest BCUT2D eigenvalue weighted by molar-refractivity contribution is -0.134. The highest BCUT2D eigenvalue weighted by Crippen LogP contribution is 2.59. The van der Waals surface area contributed by atoms with E-state index in [1.807, 2.05) is 18.2 Å². The van der Waals surface area contributed by atoms with Crippen molar-refractivity contribution in [3.05, 3.63) is 101 Å². The van der Waals surface area contributed by atoms with E-state index >= 15 is 0 Å². The van der Waals surface area contributed by atoms with E-state index < -0.39 is 5.66 Å². The Morgan fingerprint density at radius 2 is 1.43 bits per heavy atom. The number of unbranched alkanes of at least 4 members (excludes halogenated alkanes) is 2. The third-order valence-electron chi connectivity index (χ3n) is 7.85. The van der Waals surface area contributed by atoms with Crippen molar-refractivity contribution in [2.24, 2.45) is 10.9 Å². The SMILES string of the molecule is CCCCN1c2ccccc2N(CCCC)C12C(=Nc1ccccc1)S/C(=C\C(=O)OC)C2Cc1ccccc1. The second-order valence-electron chi connectivity index (χ2n) is 10.4. The summed E-state index contributed by atoms with van der Waals surface area (Å²) in [7, 11) is 1.45. The normalized spacial score (nSPS) is 19.5. The van der Waals surface area contributed by atoms with E-state index in [9.17, 15) is 4.79 Å². The summed E-state index contributed by atoms with van der Waals surface area (Å²) < 4.78 is 5.16. The molecule has 1 fully saturated rings. The topological polar surface area (TPSA) is 45.1 Å². The molecule has 0 radical (unpaired) electrons. The van der Waals surface area contributed by atoms with Gasteiger partial charge in [0.25, 0.3) is 0 Å². The zero-order valence-electron chi connectivity index (χ0n) is 23.8. The molecule has 208 valence electrons. The Kier molecular flexibility index (Phi) is 8.95. The number of nitrogens with zero attached hydrogens (tertiary/aromatic N) is 3. The number of esters is 1. The molecule has 6 heteroatoms. The van der Waals surface area contributed by atoms with Crippen LogP contribution in [0.5, 0.6) is 0 Å². The van der Waals surface area contributed by atoms with Gasteiger partial charge in [0, 0.05) is 30.0 Å². The van der Waals surface area contributed by atoms with Crippen molar-refractivity contribution in [1.29, 1.82) is 0 Å². The molecule has 0 saturated carbocycles. The Balaban J connectivity index is 1.80. The molecule has 3 aromatic rings. The maximum Gasteiger partial charge on any atom is 0.331 e. The number of carbonyl (C=O) groups is 1. The Hall–Kier alpha value is -3.51. The molecule has 0 aromatic heterocycles. The molecule has 5 nitrogen and oxygen atoms in total. The number of hydrogen-bond donors (Lipinski definition) is 0. The largest absolute Gasteiger partial charge is 0.466 e. The number of para-hydroxylation sites is 3. The Morgan fingerprint density at radius 1 is 0.875 bits per heavy atom. The summed E-state index contributed by atoms with van der Waals surface area (Å²) in [5.74, 6) is -0.352. The molecule has 40 heavy (non-hydrogen) atoms. The van der Waals surface area contributed by atoms with Crippen LogP contribution in [0.1, 0.15) is 45.1 Å². The van der Waals surface area contributed by atoms with Gasteiger partial charge in [0.2, 0.25) is 0 Å². The first kappa shape index (κ1) is 28.0. The first-order chi connectivity index (χ1) is 19.6. The second kappa shape index (κ2) is 12.8. The average Bonchev–Trinajstić information content (AvgIpc) is 3.43. The number of anilines is 2. The summed E-state index contributed by atoms with van der Waals surface area (Å²) >= 11 is 1.64. The number of benzene rings is 3. The minimum absolute atomic E-state index is 0.0254. The lowest BCUT2D eigenvalue weighted by atomic mass is 9.84. The van der Waals surface area contributed by atoms with Crippen molar-refractivity contribution in [3.63, 3.8) is 0 Å². The molecule has 1 atom stereocenters. The number of ether oxygens (including phenoxy) is 1. The smallest absolute Gasteiger partial charge is 0.331 e. The number of aliphatic imine (C=N–C) groups is 1.